The van der Waals surface area contributed by atoms with Gasteiger partial charge >= 0.3 is 162 Å². The first-order valence-electron chi connectivity index (χ1n) is 1.45. The summed E-state index contributed by atoms with van der Waals surface area (Å²) in [5, 5.41) is 0. The summed E-state index contributed by atoms with van der Waals surface area (Å²) >= 11 is 0. The summed E-state index contributed by atoms with van der Waals surface area (Å²) in [6.07, 6.45) is 0. The van der Waals surface area contributed by atoms with Gasteiger partial charge in [0.15, 0.2) is 0 Å². The van der Waals surface area contributed by atoms with E-state index in [1.807, 2.05) is 0 Å². The molecule has 12 heavy (non-hydrogen) atoms. The van der Waals surface area contributed by atoms with Crippen LogP contribution in [0.5, 0.6) is 0 Å². The van der Waals surface area contributed by atoms with Gasteiger partial charge in [-0.1, -0.05) is 0 Å². The molecule has 0 rings (SSSR count). The van der Waals surface area contributed by atoms with Crippen LogP contribution in [0.2, 0.25) is 0 Å². The SMILES string of the molecule is O=P([O-])([O-])OP(=O)([O-])F.[K+].[K+].[K+]. The molecule has 0 radical (unpaired) electrons. The molecule has 0 aromatic carbocycles. The van der Waals surface area contributed by atoms with E-state index in [2.05, 4.69) is 4.31 Å². The maximum atomic E-state index is 11.1. The molecule has 0 aliphatic heterocycles. The molecule has 0 amide bonds. The minimum absolute atomic E-state index is 0. The Labute approximate surface area is 196 Å². The first kappa shape index (κ1) is 25.9. The van der Waals surface area contributed by atoms with Crippen molar-refractivity contribution in [2.45, 2.75) is 0 Å². The maximum Gasteiger partial charge on any atom is 1.00 e. The van der Waals surface area contributed by atoms with Crippen molar-refractivity contribution < 1.29 is 186 Å². The second kappa shape index (κ2) is 11.2. The second-order valence-electron chi connectivity index (χ2n) is 0.959. The Morgan fingerprint density at radius 2 is 1.25 bits per heavy atom. The third kappa shape index (κ3) is 24.4. The average Bonchev–Trinajstić information content (AvgIpc) is 1.14. The zero-order valence-corrected chi connectivity index (χ0v) is 17.9. The minimum atomic E-state index is -5.93. The fraction of sp³-hybridized carbons (Fsp3) is 0. The van der Waals surface area contributed by atoms with E-state index < -0.39 is 15.7 Å². The van der Waals surface area contributed by atoms with Crippen LogP contribution in [0.15, 0.2) is 0 Å². The van der Waals surface area contributed by atoms with E-state index in [4.69, 9.17) is 0 Å². The largest absolute Gasteiger partial charge is 1.00 e. The first-order valence-corrected chi connectivity index (χ1v) is 4.34. The smallest absolute Gasteiger partial charge is 0.790 e. The molecule has 0 heterocycles. The van der Waals surface area contributed by atoms with Gasteiger partial charge < -0.3 is 19.2 Å². The van der Waals surface area contributed by atoms with Gasteiger partial charge in [0.2, 0.25) is 0 Å². The van der Waals surface area contributed by atoms with Gasteiger partial charge in [-0.15, -0.1) is 0 Å². The van der Waals surface area contributed by atoms with Crippen molar-refractivity contribution in [1.29, 1.82) is 0 Å². The molecule has 0 N–H and O–H groups in total. The molecule has 0 aliphatic rings. The number of phosphoric acid groups is 1. The van der Waals surface area contributed by atoms with E-state index in [1.54, 1.807) is 0 Å². The second-order valence-corrected chi connectivity index (χ2v) is 3.37. The number of hydrogen-bond donors (Lipinski definition) is 0. The Morgan fingerprint density at radius 1 is 1.00 bits per heavy atom. The van der Waals surface area contributed by atoms with E-state index in [9.17, 15) is 28.0 Å². The van der Waals surface area contributed by atoms with E-state index in [-0.39, 0.29) is 154 Å². The molecule has 56 valence electrons. The predicted octanol–water partition coefficient (Wildman–Crippen LogP) is -10.7. The summed E-state index contributed by atoms with van der Waals surface area (Å²) < 4.78 is 32.0. The van der Waals surface area contributed by atoms with Crippen molar-refractivity contribution in [2.24, 2.45) is 0 Å². The molecule has 0 bridgehead atoms. The van der Waals surface area contributed by atoms with Gasteiger partial charge in [0.1, 0.15) is 0 Å². The van der Waals surface area contributed by atoms with E-state index >= 15 is 0 Å². The van der Waals surface area contributed by atoms with Crippen LogP contribution in [0.25, 0.3) is 0 Å². The van der Waals surface area contributed by atoms with Gasteiger partial charge in [-0.2, -0.15) is 4.20 Å². The van der Waals surface area contributed by atoms with Crippen LogP contribution in [-0.4, -0.2) is 0 Å². The van der Waals surface area contributed by atoms with Crippen LogP contribution in [0, 0.1) is 0 Å². The van der Waals surface area contributed by atoms with Crippen LogP contribution >= 0.6 is 15.7 Å². The molecule has 0 fully saturated rings. The van der Waals surface area contributed by atoms with Crippen molar-refractivity contribution in [3.8, 4) is 0 Å². The molecule has 0 saturated heterocycles. The number of rotatable bonds is 2. The Balaban J connectivity index is -0.000000107. The molecule has 1 atom stereocenters. The van der Waals surface area contributed by atoms with Crippen molar-refractivity contribution in [1.82, 2.24) is 0 Å². The summed E-state index contributed by atoms with van der Waals surface area (Å²) in [6, 6.07) is 0. The minimum Gasteiger partial charge on any atom is -0.790 e. The van der Waals surface area contributed by atoms with Crippen molar-refractivity contribution in [3.63, 3.8) is 0 Å². The van der Waals surface area contributed by atoms with Crippen LogP contribution < -0.4 is 169 Å². The van der Waals surface area contributed by atoms with Crippen molar-refractivity contribution >= 4 is 15.7 Å². The molecule has 0 aromatic heterocycles. The van der Waals surface area contributed by atoms with Crippen LogP contribution in [0.4, 0.5) is 4.20 Å². The molecular formula is FK3O6P2. The first-order chi connectivity index (χ1) is 3.71. The normalized spacial score (nSPS) is 14.3. The van der Waals surface area contributed by atoms with Gasteiger partial charge in [-0.3, -0.25) is 8.88 Å². The fourth-order valence-corrected chi connectivity index (χ4v) is 1.08. The van der Waals surface area contributed by atoms with Crippen LogP contribution in [0.3, 0.4) is 0 Å². The Kier molecular flexibility index (Phi) is 24.2. The van der Waals surface area contributed by atoms with E-state index in [0.29, 0.717) is 0 Å². The Bertz CT molecular complexity index is 161. The molecule has 6 nitrogen and oxygen atoms in total. The number of hydrogen-bond acceptors (Lipinski definition) is 6. The van der Waals surface area contributed by atoms with Crippen LogP contribution in [-0.2, 0) is 13.4 Å². The summed E-state index contributed by atoms with van der Waals surface area (Å²) in [4.78, 5) is 27.8. The Hall–Kier alpha value is 5.14. The number of halogens is 1. The summed E-state index contributed by atoms with van der Waals surface area (Å²) in [5.41, 5.74) is 0. The summed E-state index contributed by atoms with van der Waals surface area (Å²) in [7, 11) is -11.7. The molecular weight excluding hydrogens is 294 g/mol. The Morgan fingerprint density at radius 3 is 1.25 bits per heavy atom. The summed E-state index contributed by atoms with van der Waals surface area (Å²) in [5.74, 6) is 0. The summed E-state index contributed by atoms with van der Waals surface area (Å²) in [6.45, 7) is 0. The topological polar surface area (TPSA) is 113 Å². The van der Waals surface area contributed by atoms with Gasteiger partial charge in [0.05, 0.1) is 7.82 Å². The van der Waals surface area contributed by atoms with E-state index in [0.717, 1.165) is 0 Å². The molecule has 1 unspecified atom stereocenters. The third-order valence-electron chi connectivity index (χ3n) is 0.198. The molecule has 12 heteroatoms. The zero-order valence-electron chi connectivity index (χ0n) is 6.72. The molecule has 0 aromatic rings. The van der Waals surface area contributed by atoms with Crippen molar-refractivity contribution in [2.75, 3.05) is 0 Å². The third-order valence-corrected chi connectivity index (χ3v) is 1.78. The van der Waals surface area contributed by atoms with Gasteiger partial charge in [-0.05, 0) is 0 Å². The molecule has 0 aliphatic carbocycles. The van der Waals surface area contributed by atoms with Gasteiger partial charge in [0.25, 0.3) is 0 Å². The maximum absolute atomic E-state index is 11.1. The zero-order chi connectivity index (χ0) is 7.71. The van der Waals surface area contributed by atoms with Gasteiger partial charge in [-0.25, -0.2) is 0 Å². The van der Waals surface area contributed by atoms with E-state index in [1.165, 1.54) is 0 Å². The fourth-order valence-electron chi connectivity index (χ4n) is 0.119. The van der Waals surface area contributed by atoms with Gasteiger partial charge in [0, 0.05) is 0 Å². The average molecular weight is 294 g/mol. The molecule has 0 saturated carbocycles. The molecule has 0 spiro atoms. The monoisotopic (exact) mass is 294 g/mol. The quantitative estimate of drug-likeness (QED) is 0.369. The van der Waals surface area contributed by atoms with Crippen molar-refractivity contribution in [3.05, 3.63) is 0 Å². The predicted molar refractivity (Wildman–Crippen MR) is 17.4 cm³/mol. The standard InChI is InChI=1S/FH3O6P2.3K/c1-8(2,3)7-9(4,5)6;;;/h(H,2,3)(H2,4,5,6);;;/q;3*+1/p-3. The van der Waals surface area contributed by atoms with Crippen LogP contribution in [0.1, 0.15) is 0 Å².